The first-order valence-electron chi connectivity index (χ1n) is 10.7. The molecule has 0 aliphatic carbocycles. The topological polar surface area (TPSA) is 105 Å². The maximum absolute atomic E-state index is 13.1. The summed E-state index contributed by atoms with van der Waals surface area (Å²) in [6, 6.07) is 10.6. The summed E-state index contributed by atoms with van der Waals surface area (Å²) >= 11 is 0. The average Bonchev–Trinajstić information content (AvgIpc) is 3.49. The molecule has 1 fully saturated rings. The van der Waals surface area contributed by atoms with Crippen molar-refractivity contribution in [1.82, 2.24) is 20.4 Å². The molecule has 0 radical (unpaired) electrons. The molecule has 0 saturated carbocycles. The van der Waals surface area contributed by atoms with Crippen LogP contribution in [0.4, 0.5) is 5.69 Å². The van der Waals surface area contributed by atoms with Crippen LogP contribution in [0.1, 0.15) is 30.3 Å². The first-order valence-corrected chi connectivity index (χ1v) is 10.7. The summed E-state index contributed by atoms with van der Waals surface area (Å²) in [6.07, 6.45) is 1.44. The molecule has 0 spiro atoms. The van der Waals surface area contributed by atoms with Crippen molar-refractivity contribution in [3.63, 3.8) is 0 Å². The van der Waals surface area contributed by atoms with Gasteiger partial charge in [-0.1, -0.05) is 19.0 Å². The number of anilines is 1. The highest BCUT2D eigenvalue weighted by molar-refractivity contribution is 5.95. The lowest BCUT2D eigenvalue weighted by Crippen LogP contribution is -2.56. The zero-order chi connectivity index (χ0) is 22.7. The number of carbonyl (C=O) groups excluding carboxylic acids is 2. The van der Waals surface area contributed by atoms with Crippen molar-refractivity contribution in [1.29, 1.82) is 0 Å². The molecule has 9 heteroatoms. The van der Waals surface area contributed by atoms with Crippen LogP contribution in [0, 0.1) is 12.8 Å². The third-order valence-corrected chi connectivity index (χ3v) is 5.57. The van der Waals surface area contributed by atoms with Gasteiger partial charge in [-0.15, -0.1) is 0 Å². The van der Waals surface area contributed by atoms with Gasteiger partial charge in [0.25, 0.3) is 5.91 Å². The van der Waals surface area contributed by atoms with Crippen LogP contribution in [0.3, 0.4) is 0 Å². The Balaban J connectivity index is 1.35. The summed E-state index contributed by atoms with van der Waals surface area (Å²) in [4.78, 5) is 33.8. The number of aromatic nitrogens is 2. The summed E-state index contributed by atoms with van der Waals surface area (Å²) < 4.78 is 10.2. The molecule has 2 aromatic heterocycles. The molecule has 3 heterocycles. The van der Waals surface area contributed by atoms with E-state index in [4.69, 9.17) is 8.94 Å². The van der Waals surface area contributed by atoms with E-state index in [1.54, 1.807) is 19.1 Å². The molecule has 9 nitrogen and oxygen atoms in total. The van der Waals surface area contributed by atoms with Crippen molar-refractivity contribution < 1.29 is 18.5 Å². The fourth-order valence-electron chi connectivity index (χ4n) is 3.75. The van der Waals surface area contributed by atoms with Crippen molar-refractivity contribution in [3.8, 4) is 11.4 Å². The Labute approximate surface area is 186 Å². The molecule has 1 aliphatic rings. The van der Waals surface area contributed by atoms with Gasteiger partial charge in [-0.3, -0.25) is 9.59 Å². The molecule has 1 N–H and O–H groups in total. The van der Waals surface area contributed by atoms with Crippen molar-refractivity contribution in [2.75, 3.05) is 31.1 Å². The van der Waals surface area contributed by atoms with Gasteiger partial charge in [0.15, 0.2) is 5.76 Å². The van der Waals surface area contributed by atoms with Gasteiger partial charge in [-0.05, 0) is 42.3 Å². The van der Waals surface area contributed by atoms with E-state index in [-0.39, 0.29) is 23.5 Å². The van der Waals surface area contributed by atoms with Crippen LogP contribution in [0.15, 0.2) is 51.6 Å². The van der Waals surface area contributed by atoms with E-state index in [1.807, 2.05) is 43.0 Å². The molecule has 1 aromatic carbocycles. The number of carbonyl (C=O) groups is 2. The normalized spacial score (nSPS) is 15.1. The molecule has 1 aliphatic heterocycles. The number of hydrogen-bond donors (Lipinski definition) is 1. The maximum atomic E-state index is 13.1. The van der Waals surface area contributed by atoms with Crippen molar-refractivity contribution >= 4 is 17.5 Å². The fourth-order valence-corrected chi connectivity index (χ4v) is 3.75. The number of benzene rings is 1. The number of amides is 2. The first-order chi connectivity index (χ1) is 15.4. The second kappa shape index (κ2) is 9.25. The van der Waals surface area contributed by atoms with E-state index in [0.29, 0.717) is 37.9 Å². The van der Waals surface area contributed by atoms with Gasteiger partial charge in [-0.2, -0.15) is 4.98 Å². The van der Waals surface area contributed by atoms with Crippen molar-refractivity contribution in [2.24, 2.45) is 5.92 Å². The standard InChI is InChI=1S/C23H27N5O4/c1-15(2)20(25-22(29)19-5-4-14-31-19)23(30)28-12-10-27(11-13-28)18-8-6-17(7-9-18)21-24-16(3)32-26-21/h4-9,14-15,20H,10-13H2,1-3H3,(H,25,29)/t20-/m0/s1. The predicted octanol–water partition coefficient (Wildman–Crippen LogP) is 2.74. The van der Waals surface area contributed by atoms with Gasteiger partial charge in [0.1, 0.15) is 6.04 Å². The Morgan fingerprint density at radius 1 is 1.06 bits per heavy atom. The fraction of sp³-hybridized carbons (Fsp3) is 0.391. The summed E-state index contributed by atoms with van der Waals surface area (Å²) in [5.74, 6) is 0.819. The van der Waals surface area contributed by atoms with E-state index < -0.39 is 6.04 Å². The van der Waals surface area contributed by atoms with Gasteiger partial charge < -0.3 is 24.1 Å². The molecular weight excluding hydrogens is 410 g/mol. The van der Waals surface area contributed by atoms with Gasteiger partial charge in [-0.25, -0.2) is 0 Å². The predicted molar refractivity (Wildman–Crippen MR) is 118 cm³/mol. The van der Waals surface area contributed by atoms with Crippen LogP contribution in [-0.4, -0.2) is 59.1 Å². The minimum atomic E-state index is -0.600. The maximum Gasteiger partial charge on any atom is 0.287 e. The monoisotopic (exact) mass is 437 g/mol. The lowest BCUT2D eigenvalue weighted by Gasteiger charge is -2.38. The molecule has 1 saturated heterocycles. The Morgan fingerprint density at radius 2 is 1.78 bits per heavy atom. The number of aryl methyl sites for hydroxylation is 1. The zero-order valence-electron chi connectivity index (χ0n) is 18.4. The lowest BCUT2D eigenvalue weighted by molar-refractivity contribution is -0.134. The Bertz CT molecular complexity index is 1050. The van der Waals surface area contributed by atoms with E-state index >= 15 is 0 Å². The van der Waals surface area contributed by atoms with Crippen LogP contribution in [-0.2, 0) is 4.79 Å². The zero-order valence-corrected chi connectivity index (χ0v) is 18.4. The van der Waals surface area contributed by atoms with Gasteiger partial charge >= 0.3 is 0 Å². The van der Waals surface area contributed by atoms with Crippen molar-refractivity contribution in [2.45, 2.75) is 26.8 Å². The van der Waals surface area contributed by atoms with Gasteiger partial charge in [0.05, 0.1) is 6.26 Å². The highest BCUT2D eigenvalue weighted by Gasteiger charge is 2.31. The second-order valence-corrected chi connectivity index (χ2v) is 8.17. The molecule has 0 unspecified atom stereocenters. The molecule has 1 atom stereocenters. The average molecular weight is 438 g/mol. The lowest BCUT2D eigenvalue weighted by atomic mass is 10.0. The van der Waals surface area contributed by atoms with Crippen molar-refractivity contribution in [3.05, 3.63) is 54.3 Å². The summed E-state index contributed by atoms with van der Waals surface area (Å²) in [7, 11) is 0. The minimum Gasteiger partial charge on any atom is -0.459 e. The largest absolute Gasteiger partial charge is 0.459 e. The quantitative estimate of drug-likeness (QED) is 0.632. The number of nitrogens with one attached hydrogen (secondary N) is 1. The molecule has 2 amide bonds. The van der Waals surface area contributed by atoms with Gasteiger partial charge in [0, 0.05) is 44.4 Å². The minimum absolute atomic E-state index is 0.0410. The molecular formula is C23H27N5O4. The SMILES string of the molecule is Cc1nc(-c2ccc(N3CCN(C(=O)[C@@H](NC(=O)c4ccco4)C(C)C)CC3)cc2)no1. The smallest absolute Gasteiger partial charge is 0.287 e. The number of hydrogen-bond acceptors (Lipinski definition) is 7. The highest BCUT2D eigenvalue weighted by Crippen LogP contribution is 2.22. The number of furan rings is 1. The van der Waals surface area contributed by atoms with E-state index in [1.165, 1.54) is 6.26 Å². The third kappa shape index (κ3) is 4.66. The second-order valence-electron chi connectivity index (χ2n) is 8.17. The Hall–Kier alpha value is -3.62. The van der Waals surface area contributed by atoms with E-state index in [9.17, 15) is 9.59 Å². The molecule has 3 aromatic rings. The summed E-state index contributed by atoms with van der Waals surface area (Å²) in [6.45, 7) is 8.21. The molecule has 0 bridgehead atoms. The van der Waals surface area contributed by atoms with Gasteiger partial charge in [0.2, 0.25) is 17.6 Å². The van der Waals surface area contributed by atoms with Crippen LogP contribution >= 0.6 is 0 Å². The summed E-state index contributed by atoms with van der Waals surface area (Å²) in [5.41, 5.74) is 1.97. The third-order valence-electron chi connectivity index (χ3n) is 5.57. The summed E-state index contributed by atoms with van der Waals surface area (Å²) in [5, 5.41) is 6.77. The molecule has 168 valence electrons. The number of rotatable bonds is 6. The molecule has 4 rings (SSSR count). The van der Waals surface area contributed by atoms with Crippen LogP contribution < -0.4 is 10.2 Å². The van der Waals surface area contributed by atoms with Crippen LogP contribution in [0.5, 0.6) is 0 Å². The highest BCUT2D eigenvalue weighted by atomic mass is 16.5. The van der Waals surface area contributed by atoms with Crippen LogP contribution in [0.2, 0.25) is 0 Å². The first kappa shape index (κ1) is 21.6. The van der Waals surface area contributed by atoms with E-state index in [0.717, 1.165) is 11.3 Å². The number of nitrogens with zero attached hydrogens (tertiary/aromatic N) is 4. The van der Waals surface area contributed by atoms with Crippen LogP contribution in [0.25, 0.3) is 11.4 Å². The Kier molecular flexibility index (Phi) is 6.25. The van der Waals surface area contributed by atoms with E-state index in [2.05, 4.69) is 20.4 Å². The number of piperazine rings is 1. The Morgan fingerprint density at radius 3 is 2.34 bits per heavy atom. The molecule has 32 heavy (non-hydrogen) atoms.